The van der Waals surface area contributed by atoms with E-state index in [4.69, 9.17) is 5.11 Å². The first-order valence-corrected chi connectivity index (χ1v) is 8.53. The van der Waals surface area contributed by atoms with E-state index in [-0.39, 0.29) is 5.91 Å². The summed E-state index contributed by atoms with van der Waals surface area (Å²) < 4.78 is 1.90. The van der Waals surface area contributed by atoms with Crippen molar-refractivity contribution in [2.45, 2.75) is 0 Å². The number of pyridine rings is 1. The first kappa shape index (κ1) is 16.9. The van der Waals surface area contributed by atoms with Crippen LogP contribution in [0.3, 0.4) is 0 Å². The van der Waals surface area contributed by atoms with Crippen LogP contribution in [0.1, 0.15) is 10.4 Å². The number of anilines is 1. The summed E-state index contributed by atoms with van der Waals surface area (Å²) in [5.74, 6) is 0.547. The minimum Gasteiger partial charge on any atom is -0.400 e. The molecule has 0 spiro atoms. The van der Waals surface area contributed by atoms with Crippen molar-refractivity contribution < 1.29 is 9.90 Å². The van der Waals surface area contributed by atoms with Crippen LogP contribution in [0.4, 0.5) is 5.82 Å². The number of aromatic nitrogens is 2. The summed E-state index contributed by atoms with van der Waals surface area (Å²) in [5, 5.41) is 12.0. The van der Waals surface area contributed by atoms with Gasteiger partial charge in [-0.1, -0.05) is 30.3 Å². The lowest BCUT2D eigenvalue weighted by molar-refractivity contribution is 0.102. The molecule has 0 unspecified atom stereocenters. The van der Waals surface area contributed by atoms with Gasteiger partial charge in [0.15, 0.2) is 0 Å². The van der Waals surface area contributed by atoms with E-state index in [1.807, 2.05) is 64.5 Å². The molecule has 0 aliphatic heterocycles. The Morgan fingerprint density at radius 1 is 1.04 bits per heavy atom. The minimum absolute atomic E-state index is 0.144. The molecule has 5 nitrogen and oxygen atoms in total. The van der Waals surface area contributed by atoms with Crippen LogP contribution in [0.5, 0.6) is 0 Å². The number of carbonyl (C=O) groups is 1. The quantitative estimate of drug-likeness (QED) is 0.588. The van der Waals surface area contributed by atoms with Gasteiger partial charge in [-0.05, 0) is 35.7 Å². The number of carbonyl (C=O) groups excluding carboxylic acids is 1. The SMILES string of the molecule is CO.O=C(Nc1c(-c2cccs2)nc2ccccn12)c1ccccc1. The Hall–Kier alpha value is -2.96. The lowest BCUT2D eigenvalue weighted by Gasteiger charge is -2.07. The molecule has 6 heteroatoms. The lowest BCUT2D eigenvalue weighted by Crippen LogP contribution is -2.13. The molecule has 0 aliphatic carbocycles. The Labute approximate surface area is 149 Å². The third-order valence-electron chi connectivity index (χ3n) is 3.55. The number of aliphatic hydroxyl groups is 1. The van der Waals surface area contributed by atoms with Crippen molar-refractivity contribution in [2.24, 2.45) is 0 Å². The third kappa shape index (κ3) is 3.45. The average molecular weight is 351 g/mol. The molecule has 0 atom stereocenters. The topological polar surface area (TPSA) is 66.6 Å². The van der Waals surface area contributed by atoms with Crippen molar-refractivity contribution in [3.8, 4) is 10.6 Å². The standard InChI is InChI=1S/C18H13N3OS.CH4O/c22-18(13-7-2-1-3-8-13)20-17-16(14-9-6-12-23-14)19-15-10-4-5-11-21(15)17;1-2/h1-12H,(H,20,22);2H,1H3. The maximum absolute atomic E-state index is 12.5. The van der Waals surface area contributed by atoms with Crippen molar-refractivity contribution in [3.05, 3.63) is 77.8 Å². The van der Waals surface area contributed by atoms with Crippen LogP contribution >= 0.6 is 11.3 Å². The highest BCUT2D eigenvalue weighted by atomic mass is 32.1. The Kier molecular flexibility index (Phi) is 5.23. The molecule has 0 bridgehead atoms. The minimum atomic E-state index is -0.144. The Morgan fingerprint density at radius 3 is 2.52 bits per heavy atom. The Morgan fingerprint density at radius 2 is 1.80 bits per heavy atom. The van der Waals surface area contributed by atoms with Gasteiger partial charge in [0.05, 0.1) is 4.88 Å². The Balaban J connectivity index is 0.000000880. The maximum atomic E-state index is 12.5. The van der Waals surface area contributed by atoms with Crippen LogP contribution < -0.4 is 5.32 Å². The molecule has 4 aromatic rings. The molecule has 0 saturated carbocycles. The van der Waals surface area contributed by atoms with Crippen molar-refractivity contribution in [1.82, 2.24) is 9.38 Å². The number of aliphatic hydroxyl groups excluding tert-OH is 1. The molecular weight excluding hydrogens is 334 g/mol. The van der Waals surface area contributed by atoms with Crippen LogP contribution in [0, 0.1) is 0 Å². The molecule has 25 heavy (non-hydrogen) atoms. The molecule has 0 radical (unpaired) electrons. The number of hydrogen-bond acceptors (Lipinski definition) is 4. The van der Waals surface area contributed by atoms with E-state index in [2.05, 4.69) is 10.3 Å². The predicted molar refractivity (Wildman–Crippen MR) is 101 cm³/mol. The Bertz CT molecular complexity index is 963. The average Bonchev–Trinajstić information content (AvgIpc) is 3.32. The predicted octanol–water partition coefficient (Wildman–Crippen LogP) is 3.92. The monoisotopic (exact) mass is 351 g/mol. The largest absolute Gasteiger partial charge is 0.400 e. The van der Waals surface area contributed by atoms with Gasteiger partial charge in [-0.25, -0.2) is 4.98 Å². The van der Waals surface area contributed by atoms with Crippen LogP contribution in [-0.4, -0.2) is 27.5 Å². The van der Waals surface area contributed by atoms with Gasteiger partial charge in [0.2, 0.25) is 0 Å². The van der Waals surface area contributed by atoms with Crippen LogP contribution in [0.15, 0.2) is 72.2 Å². The number of benzene rings is 1. The number of nitrogens with one attached hydrogen (secondary N) is 1. The first-order chi connectivity index (χ1) is 12.3. The molecular formula is C19H17N3O2S. The summed E-state index contributed by atoms with van der Waals surface area (Å²) in [7, 11) is 1.00. The van der Waals surface area contributed by atoms with Crippen LogP contribution in [-0.2, 0) is 0 Å². The summed E-state index contributed by atoms with van der Waals surface area (Å²) in [4.78, 5) is 18.2. The molecule has 1 aromatic carbocycles. The highest BCUT2D eigenvalue weighted by Gasteiger charge is 2.17. The van der Waals surface area contributed by atoms with Crippen molar-refractivity contribution in [3.63, 3.8) is 0 Å². The molecule has 3 heterocycles. The van der Waals surface area contributed by atoms with Gasteiger partial charge < -0.3 is 10.4 Å². The molecule has 1 amide bonds. The molecule has 126 valence electrons. The van der Waals surface area contributed by atoms with Crippen molar-refractivity contribution in [2.75, 3.05) is 12.4 Å². The van der Waals surface area contributed by atoms with E-state index in [0.717, 1.165) is 23.3 Å². The highest BCUT2D eigenvalue weighted by Crippen LogP contribution is 2.32. The van der Waals surface area contributed by atoms with Gasteiger partial charge in [-0.15, -0.1) is 11.3 Å². The highest BCUT2D eigenvalue weighted by molar-refractivity contribution is 7.13. The number of thiophene rings is 1. The summed E-state index contributed by atoms with van der Waals surface area (Å²) in [6.07, 6.45) is 1.90. The fraction of sp³-hybridized carbons (Fsp3) is 0.0526. The molecule has 0 fully saturated rings. The van der Waals surface area contributed by atoms with Gasteiger partial charge in [0, 0.05) is 18.9 Å². The number of fused-ring (bicyclic) bond motifs is 1. The van der Waals surface area contributed by atoms with Crippen LogP contribution in [0.2, 0.25) is 0 Å². The van der Waals surface area contributed by atoms with E-state index in [9.17, 15) is 4.79 Å². The van der Waals surface area contributed by atoms with E-state index >= 15 is 0 Å². The fourth-order valence-electron chi connectivity index (χ4n) is 2.47. The summed E-state index contributed by atoms with van der Waals surface area (Å²) in [5.41, 5.74) is 2.21. The second-order valence-corrected chi connectivity index (χ2v) is 5.98. The summed E-state index contributed by atoms with van der Waals surface area (Å²) in [6.45, 7) is 0. The number of hydrogen-bond donors (Lipinski definition) is 2. The van der Waals surface area contributed by atoms with Crippen molar-refractivity contribution >= 4 is 28.7 Å². The first-order valence-electron chi connectivity index (χ1n) is 7.65. The third-order valence-corrected chi connectivity index (χ3v) is 4.43. The molecule has 0 aliphatic rings. The summed E-state index contributed by atoms with van der Waals surface area (Å²) in [6, 6.07) is 18.9. The molecule has 3 aromatic heterocycles. The van der Waals surface area contributed by atoms with Crippen molar-refractivity contribution in [1.29, 1.82) is 0 Å². The zero-order valence-corrected chi connectivity index (χ0v) is 14.4. The summed E-state index contributed by atoms with van der Waals surface area (Å²) >= 11 is 1.60. The van der Waals surface area contributed by atoms with Gasteiger partial charge in [-0.2, -0.15) is 0 Å². The molecule has 0 saturated heterocycles. The second-order valence-electron chi connectivity index (χ2n) is 5.04. The smallest absolute Gasteiger partial charge is 0.256 e. The van der Waals surface area contributed by atoms with Gasteiger partial charge in [0.1, 0.15) is 17.2 Å². The lowest BCUT2D eigenvalue weighted by atomic mass is 10.2. The van der Waals surface area contributed by atoms with E-state index in [1.54, 1.807) is 23.5 Å². The number of rotatable bonds is 3. The normalized spacial score (nSPS) is 10.2. The molecule has 2 N–H and O–H groups in total. The van der Waals surface area contributed by atoms with Crippen LogP contribution in [0.25, 0.3) is 16.2 Å². The zero-order chi connectivity index (χ0) is 17.6. The van der Waals surface area contributed by atoms with Gasteiger partial charge >= 0.3 is 0 Å². The zero-order valence-electron chi connectivity index (χ0n) is 13.6. The number of imidazole rings is 1. The van der Waals surface area contributed by atoms with E-state index in [0.29, 0.717) is 11.4 Å². The number of nitrogens with zero attached hydrogens (tertiary/aromatic N) is 2. The van der Waals surface area contributed by atoms with Gasteiger partial charge in [0.25, 0.3) is 5.91 Å². The fourth-order valence-corrected chi connectivity index (χ4v) is 3.18. The second kappa shape index (κ2) is 7.74. The molecule has 4 rings (SSSR count). The van der Waals surface area contributed by atoms with Gasteiger partial charge in [-0.3, -0.25) is 9.20 Å². The maximum Gasteiger partial charge on any atom is 0.256 e. The van der Waals surface area contributed by atoms with E-state index < -0.39 is 0 Å². The van der Waals surface area contributed by atoms with E-state index in [1.165, 1.54) is 0 Å². The number of amides is 1.